The summed E-state index contributed by atoms with van der Waals surface area (Å²) in [5.74, 6) is -4.51. The topological polar surface area (TPSA) is 55.1 Å². The van der Waals surface area contributed by atoms with Gasteiger partial charge in [0.05, 0.1) is 15.2 Å². The second kappa shape index (κ2) is 6.24. The van der Waals surface area contributed by atoms with E-state index in [-0.39, 0.29) is 16.3 Å². The summed E-state index contributed by atoms with van der Waals surface area (Å²) in [6, 6.07) is 5.49. The van der Waals surface area contributed by atoms with E-state index in [1.54, 1.807) is 25.1 Å². The molecule has 0 fully saturated rings. The van der Waals surface area contributed by atoms with E-state index in [0.717, 1.165) is 11.3 Å². The summed E-state index contributed by atoms with van der Waals surface area (Å²) in [6.07, 6.45) is 0. The van der Waals surface area contributed by atoms with E-state index in [9.17, 15) is 23.1 Å². The Labute approximate surface area is 159 Å². The molecule has 0 saturated heterocycles. The van der Waals surface area contributed by atoms with Crippen LogP contribution in [0.5, 0.6) is 0 Å². The van der Waals surface area contributed by atoms with Crippen molar-refractivity contribution in [1.29, 1.82) is 0 Å². The highest BCUT2D eigenvalue weighted by atomic mass is 35.5. The number of benzene rings is 2. The fourth-order valence-corrected chi connectivity index (χ4v) is 4.51. The van der Waals surface area contributed by atoms with Gasteiger partial charge in [-0.2, -0.15) is 0 Å². The second-order valence-electron chi connectivity index (χ2n) is 5.93. The SMILES string of the molecule is Cc1c(-c2nc3c(F)c(F)cc(F)c3s2)c2c(Cl)cccc2n1CC(=O)O. The zero-order chi connectivity index (χ0) is 19.5. The van der Waals surface area contributed by atoms with Gasteiger partial charge in [-0.3, -0.25) is 4.79 Å². The summed E-state index contributed by atoms with van der Waals surface area (Å²) in [7, 11) is 0. The Morgan fingerprint density at radius 3 is 2.74 bits per heavy atom. The van der Waals surface area contributed by atoms with E-state index < -0.39 is 28.9 Å². The number of hydrogen-bond acceptors (Lipinski definition) is 3. The molecule has 0 aliphatic heterocycles. The summed E-state index contributed by atoms with van der Waals surface area (Å²) >= 11 is 7.19. The molecule has 0 saturated carbocycles. The molecule has 4 nitrogen and oxygen atoms in total. The van der Waals surface area contributed by atoms with Crippen molar-refractivity contribution in [3.05, 3.63) is 52.4 Å². The minimum absolute atomic E-state index is 0.116. The van der Waals surface area contributed by atoms with Gasteiger partial charge in [0.25, 0.3) is 0 Å². The predicted octanol–water partition coefficient (Wildman–Crippen LogP) is 5.38. The summed E-state index contributed by atoms with van der Waals surface area (Å²) in [5.41, 5.74) is 1.15. The first-order chi connectivity index (χ1) is 12.8. The number of halogens is 4. The highest BCUT2D eigenvalue weighted by Crippen LogP contribution is 2.42. The number of fused-ring (bicyclic) bond motifs is 2. The van der Waals surface area contributed by atoms with Crippen LogP contribution in [0.2, 0.25) is 5.02 Å². The number of aliphatic carboxylic acids is 1. The third-order valence-electron chi connectivity index (χ3n) is 4.32. The van der Waals surface area contributed by atoms with E-state index in [0.29, 0.717) is 33.2 Å². The van der Waals surface area contributed by atoms with Crippen LogP contribution in [-0.2, 0) is 11.3 Å². The largest absolute Gasteiger partial charge is 0.480 e. The number of rotatable bonds is 3. The molecular formula is C18H10ClF3N2O2S. The number of carbonyl (C=O) groups is 1. The van der Waals surface area contributed by atoms with Crippen molar-refractivity contribution in [2.24, 2.45) is 0 Å². The first kappa shape index (κ1) is 17.8. The summed E-state index contributed by atoms with van der Waals surface area (Å²) in [6.45, 7) is 1.36. The minimum atomic E-state index is -1.32. The molecule has 1 N–H and O–H groups in total. The van der Waals surface area contributed by atoms with Crippen LogP contribution < -0.4 is 0 Å². The van der Waals surface area contributed by atoms with Crippen LogP contribution in [0.4, 0.5) is 13.2 Å². The van der Waals surface area contributed by atoms with Gasteiger partial charge in [0.2, 0.25) is 0 Å². The zero-order valence-corrected chi connectivity index (χ0v) is 15.3. The Kier molecular flexibility index (Phi) is 4.12. The maximum atomic E-state index is 14.1. The molecule has 0 aliphatic carbocycles. The molecule has 0 aliphatic rings. The molecule has 0 unspecified atom stereocenters. The highest BCUT2D eigenvalue weighted by molar-refractivity contribution is 7.21. The van der Waals surface area contributed by atoms with Gasteiger partial charge in [0.1, 0.15) is 22.9 Å². The lowest BCUT2D eigenvalue weighted by molar-refractivity contribution is -0.137. The summed E-state index contributed by atoms with van der Waals surface area (Å²) < 4.78 is 43.1. The van der Waals surface area contributed by atoms with Crippen LogP contribution in [0.3, 0.4) is 0 Å². The average Bonchev–Trinajstić information content (AvgIpc) is 3.15. The quantitative estimate of drug-likeness (QED) is 0.461. The Balaban J connectivity index is 2.09. The predicted molar refractivity (Wildman–Crippen MR) is 97.8 cm³/mol. The van der Waals surface area contributed by atoms with E-state index in [2.05, 4.69) is 4.98 Å². The molecule has 2 heterocycles. The molecule has 4 aromatic rings. The molecule has 9 heteroatoms. The lowest BCUT2D eigenvalue weighted by Gasteiger charge is -2.04. The fourth-order valence-electron chi connectivity index (χ4n) is 3.17. The van der Waals surface area contributed by atoms with Crippen LogP contribution in [0.1, 0.15) is 5.69 Å². The number of carboxylic acids is 1. The molecule has 0 bridgehead atoms. The number of hydrogen-bond donors (Lipinski definition) is 1. The fraction of sp³-hybridized carbons (Fsp3) is 0.111. The lowest BCUT2D eigenvalue weighted by Crippen LogP contribution is -2.09. The zero-order valence-electron chi connectivity index (χ0n) is 13.7. The first-order valence-corrected chi connectivity index (χ1v) is 8.92. The van der Waals surface area contributed by atoms with Gasteiger partial charge in [-0.25, -0.2) is 18.2 Å². The molecule has 138 valence electrons. The molecular weight excluding hydrogens is 401 g/mol. The smallest absolute Gasteiger partial charge is 0.323 e. The van der Waals surface area contributed by atoms with Crippen molar-refractivity contribution in [3.8, 4) is 10.6 Å². The van der Waals surface area contributed by atoms with E-state index >= 15 is 0 Å². The highest BCUT2D eigenvalue weighted by Gasteiger charge is 2.24. The molecule has 2 aromatic heterocycles. The van der Waals surface area contributed by atoms with Crippen LogP contribution >= 0.6 is 22.9 Å². The molecule has 0 amide bonds. The van der Waals surface area contributed by atoms with E-state index in [4.69, 9.17) is 11.6 Å². The maximum Gasteiger partial charge on any atom is 0.323 e. The second-order valence-corrected chi connectivity index (χ2v) is 7.33. The van der Waals surface area contributed by atoms with Crippen LogP contribution in [-0.4, -0.2) is 20.6 Å². The van der Waals surface area contributed by atoms with Crippen LogP contribution in [0, 0.1) is 24.4 Å². The van der Waals surface area contributed by atoms with Gasteiger partial charge in [0.15, 0.2) is 11.6 Å². The van der Waals surface area contributed by atoms with Crippen molar-refractivity contribution >= 4 is 50.0 Å². The number of thiazole rings is 1. The molecule has 2 aromatic carbocycles. The molecule has 27 heavy (non-hydrogen) atoms. The standard InChI is InChI=1S/C18H10ClF3N2O2S/c1-7-13(14-8(19)3-2-4-11(14)24(7)6-12(25)26)18-23-16-15(22)9(20)5-10(21)17(16)27-18/h2-5H,6H2,1H3,(H,25,26). The van der Waals surface area contributed by atoms with Gasteiger partial charge >= 0.3 is 5.97 Å². The molecule has 0 radical (unpaired) electrons. The van der Waals surface area contributed by atoms with Gasteiger partial charge in [0, 0.05) is 22.7 Å². The van der Waals surface area contributed by atoms with Crippen LogP contribution in [0.15, 0.2) is 24.3 Å². The number of carboxylic acid groups (broad SMARTS) is 1. The average molecular weight is 411 g/mol. The minimum Gasteiger partial charge on any atom is -0.480 e. The van der Waals surface area contributed by atoms with Crippen LogP contribution in [0.25, 0.3) is 31.7 Å². The molecule has 0 atom stereocenters. The Hall–Kier alpha value is -2.58. The van der Waals surface area contributed by atoms with E-state index in [1.807, 2.05) is 0 Å². The molecule has 4 rings (SSSR count). The Morgan fingerprint density at radius 1 is 1.30 bits per heavy atom. The van der Waals surface area contributed by atoms with Crippen molar-refractivity contribution in [2.75, 3.05) is 0 Å². The normalized spacial score (nSPS) is 11.6. The first-order valence-electron chi connectivity index (χ1n) is 7.73. The van der Waals surface area contributed by atoms with Gasteiger partial charge in [-0.1, -0.05) is 17.7 Å². The Bertz CT molecular complexity index is 1250. The van der Waals surface area contributed by atoms with Gasteiger partial charge in [-0.15, -0.1) is 11.3 Å². The third kappa shape index (κ3) is 2.67. The summed E-state index contributed by atoms with van der Waals surface area (Å²) in [4.78, 5) is 15.3. The van der Waals surface area contributed by atoms with Crippen molar-refractivity contribution < 1.29 is 23.1 Å². The monoisotopic (exact) mass is 410 g/mol. The maximum absolute atomic E-state index is 14.1. The van der Waals surface area contributed by atoms with Gasteiger partial charge in [-0.05, 0) is 19.1 Å². The number of aromatic nitrogens is 2. The summed E-state index contributed by atoms with van der Waals surface area (Å²) in [5, 5.41) is 10.3. The van der Waals surface area contributed by atoms with Crippen molar-refractivity contribution in [2.45, 2.75) is 13.5 Å². The Morgan fingerprint density at radius 2 is 2.04 bits per heavy atom. The lowest BCUT2D eigenvalue weighted by atomic mass is 10.1. The van der Waals surface area contributed by atoms with Gasteiger partial charge < -0.3 is 9.67 Å². The van der Waals surface area contributed by atoms with E-state index in [1.165, 1.54) is 4.57 Å². The molecule has 0 spiro atoms. The third-order valence-corrected chi connectivity index (χ3v) is 5.72. The van der Waals surface area contributed by atoms with Crippen molar-refractivity contribution in [1.82, 2.24) is 9.55 Å². The van der Waals surface area contributed by atoms with Crippen molar-refractivity contribution in [3.63, 3.8) is 0 Å². The number of nitrogens with zero attached hydrogens (tertiary/aromatic N) is 2.